The van der Waals surface area contributed by atoms with Gasteiger partial charge in [0.15, 0.2) is 0 Å². The van der Waals surface area contributed by atoms with E-state index in [0.717, 1.165) is 0 Å². The molecular formula is C16H16Cl2N2O4S. The highest BCUT2D eigenvalue weighted by molar-refractivity contribution is 7.92. The predicted octanol–water partition coefficient (Wildman–Crippen LogP) is 3.65. The summed E-state index contributed by atoms with van der Waals surface area (Å²) in [6.07, 6.45) is 0. The molecule has 0 atom stereocenters. The molecule has 2 rings (SSSR count). The molecule has 0 spiro atoms. The summed E-state index contributed by atoms with van der Waals surface area (Å²) in [6.45, 7) is 0. The van der Waals surface area contributed by atoms with Crippen LogP contribution < -0.4 is 9.62 Å². The van der Waals surface area contributed by atoms with Crippen LogP contribution in [-0.4, -0.2) is 35.6 Å². The molecule has 0 bridgehead atoms. The van der Waals surface area contributed by atoms with Crippen LogP contribution in [0.4, 0.5) is 11.4 Å². The van der Waals surface area contributed by atoms with Crippen molar-refractivity contribution >= 4 is 50.6 Å². The highest BCUT2D eigenvalue weighted by Gasteiger charge is 2.22. The number of benzene rings is 2. The van der Waals surface area contributed by atoms with Crippen LogP contribution in [0, 0.1) is 0 Å². The Labute approximate surface area is 156 Å². The largest absolute Gasteiger partial charge is 0.465 e. The van der Waals surface area contributed by atoms with Gasteiger partial charge >= 0.3 is 5.97 Å². The molecule has 2 aromatic carbocycles. The van der Waals surface area contributed by atoms with E-state index in [1.165, 1.54) is 25.3 Å². The fraction of sp³-hybridized carbons (Fsp3) is 0.188. The molecule has 0 saturated carbocycles. The Morgan fingerprint density at radius 3 is 2.36 bits per heavy atom. The van der Waals surface area contributed by atoms with Gasteiger partial charge in [-0.25, -0.2) is 13.2 Å². The number of esters is 1. The SMILES string of the molecule is COC(=O)c1ccc(S(=O)(=O)Nc2cccc(Cl)c2N(C)C)c(Cl)c1. The lowest BCUT2D eigenvalue weighted by atomic mass is 10.2. The van der Waals surface area contributed by atoms with Crippen LogP contribution in [0.1, 0.15) is 10.4 Å². The van der Waals surface area contributed by atoms with E-state index in [0.29, 0.717) is 16.4 Å². The molecule has 9 heteroatoms. The van der Waals surface area contributed by atoms with Crippen LogP contribution >= 0.6 is 23.2 Å². The van der Waals surface area contributed by atoms with Gasteiger partial charge in [-0.1, -0.05) is 29.3 Å². The van der Waals surface area contributed by atoms with Gasteiger partial charge < -0.3 is 9.64 Å². The van der Waals surface area contributed by atoms with Gasteiger partial charge in [0.05, 0.1) is 34.1 Å². The maximum atomic E-state index is 12.7. The summed E-state index contributed by atoms with van der Waals surface area (Å²) in [6, 6.07) is 8.71. The minimum absolute atomic E-state index is 0.0937. The lowest BCUT2D eigenvalue weighted by Crippen LogP contribution is -2.18. The van der Waals surface area contributed by atoms with Crippen LogP contribution in [-0.2, 0) is 14.8 Å². The molecule has 0 saturated heterocycles. The maximum absolute atomic E-state index is 12.7. The summed E-state index contributed by atoms with van der Waals surface area (Å²) in [5, 5.41) is 0.307. The standard InChI is InChI=1S/C16H16Cl2N2O4S/c1-20(2)15-11(17)5-4-6-13(15)19-25(22,23)14-8-7-10(9-12(14)18)16(21)24-3/h4-9,19H,1-3H3. The van der Waals surface area contributed by atoms with Gasteiger partial charge in [0.1, 0.15) is 4.90 Å². The van der Waals surface area contributed by atoms with Crippen molar-refractivity contribution in [2.45, 2.75) is 4.90 Å². The third-order valence-electron chi connectivity index (χ3n) is 3.32. The smallest absolute Gasteiger partial charge is 0.337 e. The number of hydrogen-bond donors (Lipinski definition) is 1. The number of carbonyl (C=O) groups is 1. The topological polar surface area (TPSA) is 75.7 Å². The Morgan fingerprint density at radius 2 is 1.80 bits per heavy atom. The van der Waals surface area contributed by atoms with Gasteiger partial charge in [0.25, 0.3) is 10.0 Å². The average Bonchev–Trinajstić information content (AvgIpc) is 2.52. The van der Waals surface area contributed by atoms with Crippen LogP contribution in [0.3, 0.4) is 0 Å². The number of nitrogens with one attached hydrogen (secondary N) is 1. The lowest BCUT2D eigenvalue weighted by molar-refractivity contribution is 0.0600. The molecule has 2 aromatic rings. The molecule has 0 aliphatic heterocycles. The number of anilines is 2. The van der Waals surface area contributed by atoms with E-state index in [-0.39, 0.29) is 15.5 Å². The van der Waals surface area contributed by atoms with E-state index in [4.69, 9.17) is 23.2 Å². The van der Waals surface area contributed by atoms with Crippen molar-refractivity contribution in [3.63, 3.8) is 0 Å². The van der Waals surface area contributed by atoms with Gasteiger partial charge in [-0.05, 0) is 30.3 Å². The van der Waals surface area contributed by atoms with E-state index in [1.807, 2.05) is 0 Å². The van der Waals surface area contributed by atoms with Crippen LogP contribution in [0.25, 0.3) is 0 Å². The van der Waals surface area contributed by atoms with E-state index in [9.17, 15) is 13.2 Å². The van der Waals surface area contributed by atoms with Gasteiger partial charge in [-0.15, -0.1) is 0 Å². The van der Waals surface area contributed by atoms with E-state index in [2.05, 4.69) is 9.46 Å². The zero-order chi connectivity index (χ0) is 18.8. The van der Waals surface area contributed by atoms with Crippen molar-refractivity contribution in [1.29, 1.82) is 0 Å². The second-order valence-electron chi connectivity index (χ2n) is 5.27. The minimum atomic E-state index is -3.99. The number of methoxy groups -OCH3 is 1. The summed E-state index contributed by atoms with van der Waals surface area (Å²) < 4.78 is 32.4. The second-order valence-corrected chi connectivity index (χ2v) is 7.74. The quantitative estimate of drug-likeness (QED) is 0.772. The van der Waals surface area contributed by atoms with Gasteiger partial charge in [0.2, 0.25) is 0 Å². The normalized spacial score (nSPS) is 11.1. The maximum Gasteiger partial charge on any atom is 0.337 e. The lowest BCUT2D eigenvalue weighted by Gasteiger charge is -2.20. The van der Waals surface area contributed by atoms with E-state index < -0.39 is 16.0 Å². The highest BCUT2D eigenvalue weighted by atomic mass is 35.5. The van der Waals surface area contributed by atoms with Crippen molar-refractivity contribution in [1.82, 2.24) is 0 Å². The van der Waals surface area contributed by atoms with Crippen molar-refractivity contribution in [3.8, 4) is 0 Å². The number of rotatable bonds is 5. The summed E-state index contributed by atoms with van der Waals surface area (Å²) in [5.41, 5.74) is 0.990. The molecule has 134 valence electrons. The first-order chi connectivity index (χ1) is 11.7. The fourth-order valence-electron chi connectivity index (χ4n) is 2.22. The van der Waals surface area contributed by atoms with Crippen LogP contribution in [0.15, 0.2) is 41.3 Å². The van der Waals surface area contributed by atoms with Crippen molar-refractivity contribution in [3.05, 3.63) is 52.0 Å². The first-order valence-corrected chi connectivity index (χ1v) is 9.28. The molecular weight excluding hydrogens is 387 g/mol. The van der Waals surface area contributed by atoms with E-state index in [1.54, 1.807) is 37.2 Å². The Morgan fingerprint density at radius 1 is 1.12 bits per heavy atom. The first kappa shape index (κ1) is 19.4. The number of carbonyl (C=O) groups excluding carboxylic acids is 1. The monoisotopic (exact) mass is 402 g/mol. The Hall–Kier alpha value is -1.96. The van der Waals surface area contributed by atoms with Crippen molar-refractivity contribution in [2.75, 3.05) is 30.8 Å². The summed E-state index contributed by atoms with van der Waals surface area (Å²) in [4.78, 5) is 13.0. The molecule has 0 heterocycles. The molecule has 6 nitrogen and oxygen atoms in total. The fourth-order valence-corrected chi connectivity index (χ4v) is 4.17. The number of para-hydroxylation sites is 1. The minimum Gasteiger partial charge on any atom is -0.465 e. The number of ether oxygens (including phenoxy) is 1. The van der Waals surface area contributed by atoms with Crippen molar-refractivity contribution in [2.24, 2.45) is 0 Å². The molecule has 0 aromatic heterocycles. The van der Waals surface area contributed by atoms with Crippen LogP contribution in [0.2, 0.25) is 10.0 Å². The zero-order valence-corrected chi connectivity index (χ0v) is 16.0. The zero-order valence-electron chi connectivity index (χ0n) is 13.7. The van der Waals surface area contributed by atoms with Gasteiger partial charge in [-0.2, -0.15) is 0 Å². The Balaban J connectivity index is 2.45. The number of halogens is 2. The molecule has 1 N–H and O–H groups in total. The molecule has 0 fully saturated rings. The average molecular weight is 403 g/mol. The number of hydrogen-bond acceptors (Lipinski definition) is 5. The summed E-state index contributed by atoms with van der Waals surface area (Å²) >= 11 is 12.2. The van der Waals surface area contributed by atoms with Crippen LogP contribution in [0.5, 0.6) is 0 Å². The molecule has 0 aliphatic carbocycles. The second kappa shape index (κ2) is 7.51. The Kier molecular flexibility index (Phi) is 5.82. The summed E-state index contributed by atoms with van der Waals surface area (Å²) in [7, 11) is 0.736. The predicted molar refractivity (Wildman–Crippen MR) is 99.4 cm³/mol. The molecule has 0 amide bonds. The number of sulfonamides is 1. The van der Waals surface area contributed by atoms with Gasteiger partial charge in [0, 0.05) is 14.1 Å². The highest BCUT2D eigenvalue weighted by Crippen LogP contribution is 2.34. The molecule has 0 unspecified atom stereocenters. The molecule has 0 radical (unpaired) electrons. The third kappa shape index (κ3) is 4.18. The van der Waals surface area contributed by atoms with Crippen molar-refractivity contribution < 1.29 is 17.9 Å². The molecule has 25 heavy (non-hydrogen) atoms. The summed E-state index contributed by atoms with van der Waals surface area (Å²) in [5.74, 6) is -0.608. The Bertz CT molecular complexity index is 914. The number of nitrogens with zero attached hydrogens (tertiary/aromatic N) is 1. The van der Waals surface area contributed by atoms with Gasteiger partial charge in [-0.3, -0.25) is 4.72 Å². The first-order valence-electron chi connectivity index (χ1n) is 7.04. The molecule has 0 aliphatic rings. The van der Waals surface area contributed by atoms with E-state index >= 15 is 0 Å². The third-order valence-corrected chi connectivity index (χ3v) is 5.47.